The lowest BCUT2D eigenvalue weighted by Gasteiger charge is -2.42. The smallest absolute Gasteiger partial charge is 0.394 e. The van der Waals surface area contributed by atoms with Gasteiger partial charge in [-0.15, -0.1) is 0 Å². The predicted molar refractivity (Wildman–Crippen MR) is 73.3 cm³/mol. The molecule has 1 saturated heterocycles. The fraction of sp³-hybridized carbons (Fsp3) is 0.889. The van der Waals surface area contributed by atoms with Crippen LogP contribution in [0.15, 0.2) is 0 Å². The molecule has 0 aliphatic carbocycles. The normalized spacial score (nSPS) is 33.6. The first kappa shape index (κ1) is 22.5. The maximum Gasteiger partial charge on any atom is 0.443 e. The molecule has 0 radical (unpaired) electrons. The van der Waals surface area contributed by atoms with Crippen LogP contribution in [0.4, 0.5) is 8.78 Å². The maximum atomic E-state index is 13.5. The second-order valence-corrected chi connectivity index (χ2v) is 8.93. The number of aliphatic hydroxyl groups excluding tert-OH is 3. The highest BCUT2D eigenvalue weighted by atomic mass is 31.2. The Balaban J connectivity index is 3.18. The summed E-state index contributed by atoms with van der Waals surface area (Å²) in [7, 11) is -12.8. The highest BCUT2D eigenvalue weighted by Crippen LogP contribution is 2.73. The summed E-state index contributed by atoms with van der Waals surface area (Å²) in [5.41, 5.74) is 0. The second kappa shape index (κ2) is 7.61. The van der Waals surface area contributed by atoms with Gasteiger partial charge in [0.25, 0.3) is 0 Å². The van der Waals surface area contributed by atoms with Crippen molar-refractivity contribution in [1.29, 1.82) is 0 Å². The largest absolute Gasteiger partial charge is 0.443 e. The minimum absolute atomic E-state index is 0.884. The average molecular weight is 415 g/mol. The zero-order valence-electron chi connectivity index (χ0n) is 12.5. The van der Waals surface area contributed by atoms with Crippen molar-refractivity contribution >= 4 is 21.1 Å². The average Bonchev–Trinajstić information content (AvgIpc) is 2.44. The van der Waals surface area contributed by atoms with Crippen molar-refractivity contribution in [2.45, 2.75) is 43.0 Å². The topological polar surface area (TPSA) is 203 Å². The maximum absolute atomic E-state index is 13.5. The minimum Gasteiger partial charge on any atom is -0.394 e. The SMILES string of the molecule is CC(=O)N[C@H]1C(OP(=O)(O)C(F)(F)P(=O)(O)O)O[C@H](CO)[C@@H](O)[C@@H]1O. The van der Waals surface area contributed by atoms with Crippen molar-refractivity contribution in [3.8, 4) is 0 Å². The summed E-state index contributed by atoms with van der Waals surface area (Å²) in [6.07, 6.45) is -7.81. The van der Waals surface area contributed by atoms with Crippen molar-refractivity contribution in [3.05, 3.63) is 0 Å². The number of aliphatic hydroxyl groups is 3. The fourth-order valence-electron chi connectivity index (χ4n) is 1.93. The standard InChI is InChI=1S/C9H17F2NO11P2/c1-3(14)12-5-7(16)6(15)4(2-13)22-8(5)23-25(20,21)9(10,11)24(17,18)19/h4-8,13,15-16H,2H2,1H3,(H,12,14)(H,20,21)(H2,17,18,19)/t4-,5-,6-,7-,8?/m1/s1. The van der Waals surface area contributed by atoms with Gasteiger partial charge >= 0.3 is 20.6 Å². The van der Waals surface area contributed by atoms with Crippen LogP contribution in [0.1, 0.15) is 6.92 Å². The summed E-state index contributed by atoms with van der Waals surface area (Å²) in [5.74, 6) is -0.884. The summed E-state index contributed by atoms with van der Waals surface area (Å²) in [6, 6.07) is -1.86. The van der Waals surface area contributed by atoms with Gasteiger partial charge < -0.3 is 40.1 Å². The van der Waals surface area contributed by atoms with Gasteiger partial charge in [-0.25, -0.2) is 0 Å². The molecule has 1 aliphatic rings. The molecule has 12 nitrogen and oxygen atoms in total. The third-order valence-electron chi connectivity index (χ3n) is 3.19. The van der Waals surface area contributed by atoms with Gasteiger partial charge in [0, 0.05) is 6.92 Å². The number of nitrogens with one attached hydrogen (secondary N) is 1. The molecular formula is C9H17F2NO11P2. The number of carbonyl (C=O) groups is 1. The van der Waals surface area contributed by atoms with Crippen LogP contribution in [-0.4, -0.2) is 78.6 Å². The van der Waals surface area contributed by atoms with E-state index in [9.17, 15) is 37.8 Å². The third kappa shape index (κ3) is 4.61. The Morgan fingerprint density at radius 2 is 1.76 bits per heavy atom. The molecule has 1 fully saturated rings. The zero-order chi connectivity index (χ0) is 19.8. The molecule has 25 heavy (non-hydrogen) atoms. The van der Waals surface area contributed by atoms with Gasteiger partial charge in [0.05, 0.1) is 6.61 Å². The van der Waals surface area contributed by atoms with Crippen LogP contribution in [0.5, 0.6) is 0 Å². The van der Waals surface area contributed by atoms with Gasteiger partial charge in [0.1, 0.15) is 24.4 Å². The number of hydrogen-bond donors (Lipinski definition) is 7. The molecule has 0 aromatic carbocycles. The van der Waals surface area contributed by atoms with E-state index in [1.807, 2.05) is 5.32 Å². The number of amides is 1. The van der Waals surface area contributed by atoms with E-state index >= 15 is 0 Å². The van der Waals surface area contributed by atoms with E-state index in [1.54, 1.807) is 0 Å². The zero-order valence-corrected chi connectivity index (χ0v) is 14.3. The van der Waals surface area contributed by atoms with E-state index in [4.69, 9.17) is 19.6 Å². The van der Waals surface area contributed by atoms with Crippen LogP contribution in [0, 0.1) is 0 Å². The van der Waals surface area contributed by atoms with Crippen LogP contribution in [0.2, 0.25) is 0 Å². The molecule has 16 heteroatoms. The molecule has 0 saturated carbocycles. The monoisotopic (exact) mass is 415 g/mol. The van der Waals surface area contributed by atoms with Gasteiger partial charge in [-0.3, -0.25) is 18.4 Å². The van der Waals surface area contributed by atoms with E-state index in [-0.39, 0.29) is 0 Å². The summed E-state index contributed by atoms with van der Waals surface area (Å²) < 4.78 is 58.2. The summed E-state index contributed by atoms with van der Waals surface area (Å²) >= 11 is 0. The predicted octanol–water partition coefficient (Wildman–Crippen LogP) is -2.14. The molecule has 7 N–H and O–H groups in total. The minimum atomic E-state index is -6.43. The molecule has 6 atom stereocenters. The van der Waals surface area contributed by atoms with Crippen LogP contribution in [0.3, 0.4) is 0 Å². The number of carbonyl (C=O) groups excluding carboxylic acids is 1. The summed E-state index contributed by atoms with van der Waals surface area (Å²) in [6.45, 7) is -0.0629. The number of rotatable bonds is 6. The van der Waals surface area contributed by atoms with Crippen LogP contribution in [-0.2, 0) is 23.2 Å². The molecule has 148 valence electrons. The first-order valence-electron chi connectivity index (χ1n) is 6.50. The van der Waals surface area contributed by atoms with Gasteiger partial charge in [-0.1, -0.05) is 0 Å². The molecule has 0 bridgehead atoms. The Hall–Kier alpha value is -0.530. The number of alkyl halides is 2. The van der Waals surface area contributed by atoms with Gasteiger partial charge in [-0.2, -0.15) is 8.78 Å². The van der Waals surface area contributed by atoms with Gasteiger partial charge in [-0.05, 0) is 0 Å². The fourth-order valence-corrected chi connectivity index (χ4v) is 3.98. The van der Waals surface area contributed by atoms with E-state index in [0.29, 0.717) is 0 Å². The van der Waals surface area contributed by atoms with Crippen molar-refractivity contribution in [1.82, 2.24) is 5.32 Å². The number of halogens is 2. The van der Waals surface area contributed by atoms with Crippen LogP contribution >= 0.6 is 15.2 Å². The summed E-state index contributed by atoms with van der Waals surface area (Å²) in [4.78, 5) is 37.4. The van der Waals surface area contributed by atoms with E-state index < -0.39 is 63.8 Å². The molecule has 0 aromatic rings. The van der Waals surface area contributed by atoms with E-state index in [0.717, 1.165) is 6.92 Å². The lowest BCUT2D eigenvalue weighted by Crippen LogP contribution is -2.64. The van der Waals surface area contributed by atoms with Crippen LogP contribution in [0.25, 0.3) is 0 Å². The van der Waals surface area contributed by atoms with E-state index in [1.165, 1.54) is 0 Å². The lowest BCUT2D eigenvalue weighted by atomic mass is 9.97. The Morgan fingerprint density at radius 1 is 1.24 bits per heavy atom. The Labute approximate surface area is 139 Å². The molecule has 0 spiro atoms. The Kier molecular flexibility index (Phi) is 6.85. The lowest BCUT2D eigenvalue weighted by molar-refractivity contribution is -0.247. The first-order valence-corrected chi connectivity index (χ1v) is 9.69. The molecule has 0 aromatic heterocycles. The van der Waals surface area contributed by atoms with Crippen molar-refractivity contribution < 1.29 is 62.0 Å². The van der Waals surface area contributed by atoms with Gasteiger partial charge in [0.2, 0.25) is 5.91 Å². The first-order chi connectivity index (χ1) is 11.2. The highest BCUT2D eigenvalue weighted by molar-refractivity contribution is 7.72. The molecular weight excluding hydrogens is 398 g/mol. The summed E-state index contributed by atoms with van der Waals surface area (Å²) in [5, 5.41) is 25.0. The molecule has 1 rings (SSSR count). The second-order valence-electron chi connectivity index (χ2n) is 5.11. The van der Waals surface area contributed by atoms with Crippen LogP contribution < -0.4 is 5.32 Å². The van der Waals surface area contributed by atoms with E-state index in [2.05, 4.69) is 4.52 Å². The number of ether oxygens (including phenoxy) is 1. The van der Waals surface area contributed by atoms with Gasteiger partial charge in [0.15, 0.2) is 6.29 Å². The van der Waals surface area contributed by atoms with Crippen molar-refractivity contribution in [2.75, 3.05) is 6.61 Å². The highest BCUT2D eigenvalue weighted by Gasteiger charge is 2.66. The Bertz CT molecular complexity index is 598. The molecule has 1 aliphatic heterocycles. The van der Waals surface area contributed by atoms with Crippen molar-refractivity contribution in [2.24, 2.45) is 0 Å². The quantitative estimate of drug-likeness (QED) is 0.233. The number of hydrogen-bond acceptors (Lipinski definition) is 8. The van der Waals surface area contributed by atoms with Crippen molar-refractivity contribution in [3.63, 3.8) is 0 Å². The molecule has 2 unspecified atom stereocenters. The Morgan fingerprint density at radius 3 is 2.16 bits per heavy atom. The third-order valence-corrected chi connectivity index (χ3v) is 6.60. The molecule has 1 amide bonds. The molecule has 1 heterocycles.